The predicted molar refractivity (Wildman–Crippen MR) is 68.5 cm³/mol. The topological polar surface area (TPSA) is 50.5 Å². The van der Waals surface area contributed by atoms with Crippen LogP contribution in [0.15, 0.2) is 45.9 Å². The Morgan fingerprint density at radius 3 is 2.37 bits per heavy atom. The Morgan fingerprint density at radius 2 is 1.84 bits per heavy atom. The molecule has 0 aliphatic carbocycles. The first kappa shape index (κ1) is 13.8. The number of rotatable bonds is 4. The fourth-order valence-corrected chi connectivity index (χ4v) is 2.84. The van der Waals surface area contributed by atoms with Crippen LogP contribution in [0.25, 0.3) is 0 Å². The highest BCUT2D eigenvalue weighted by atomic mass is 32.2. The van der Waals surface area contributed by atoms with Crippen molar-refractivity contribution in [3.05, 3.63) is 53.7 Å². The van der Waals surface area contributed by atoms with Gasteiger partial charge in [-0.3, -0.25) is 0 Å². The monoisotopic (exact) mass is 283 g/mol. The highest BCUT2D eigenvalue weighted by Crippen LogP contribution is 2.19. The number of benzene rings is 1. The summed E-state index contributed by atoms with van der Waals surface area (Å²) in [5.74, 6) is 0.216. The van der Waals surface area contributed by atoms with E-state index in [0.29, 0.717) is 5.76 Å². The zero-order valence-corrected chi connectivity index (χ0v) is 11.4. The van der Waals surface area contributed by atoms with Crippen molar-refractivity contribution in [2.75, 3.05) is 7.05 Å². The standard InChI is InChI=1S/C13H14FNO3S/c1-10-11(7-8-18-10)9-15(2)19(16,17)13-5-3-12(14)4-6-13/h3-8H,9H2,1-2H3. The van der Waals surface area contributed by atoms with Crippen LogP contribution in [0.1, 0.15) is 11.3 Å². The van der Waals surface area contributed by atoms with Crippen LogP contribution < -0.4 is 0 Å². The summed E-state index contributed by atoms with van der Waals surface area (Å²) in [4.78, 5) is 0.0672. The number of halogens is 1. The third-order valence-corrected chi connectivity index (χ3v) is 4.70. The van der Waals surface area contributed by atoms with Crippen molar-refractivity contribution in [2.45, 2.75) is 18.4 Å². The van der Waals surface area contributed by atoms with E-state index < -0.39 is 15.8 Å². The molecule has 2 rings (SSSR count). The minimum Gasteiger partial charge on any atom is -0.469 e. The molecule has 0 amide bonds. The molecule has 19 heavy (non-hydrogen) atoms. The van der Waals surface area contributed by atoms with Gasteiger partial charge in [-0.2, -0.15) is 4.31 Å². The smallest absolute Gasteiger partial charge is 0.243 e. The molecule has 1 aromatic heterocycles. The predicted octanol–water partition coefficient (Wildman–Crippen LogP) is 2.55. The highest BCUT2D eigenvalue weighted by molar-refractivity contribution is 7.89. The van der Waals surface area contributed by atoms with Gasteiger partial charge in [0.2, 0.25) is 10.0 Å². The Hall–Kier alpha value is -1.66. The maximum absolute atomic E-state index is 12.8. The van der Waals surface area contributed by atoms with Crippen molar-refractivity contribution in [1.29, 1.82) is 0 Å². The molecule has 0 unspecified atom stereocenters. The summed E-state index contributed by atoms with van der Waals surface area (Å²) >= 11 is 0. The second kappa shape index (κ2) is 5.14. The molecule has 0 bridgehead atoms. The summed E-state index contributed by atoms with van der Waals surface area (Å²) in [7, 11) is -2.15. The summed E-state index contributed by atoms with van der Waals surface area (Å²) in [6.45, 7) is 1.98. The highest BCUT2D eigenvalue weighted by Gasteiger charge is 2.21. The molecule has 0 N–H and O–H groups in total. The van der Waals surface area contributed by atoms with Crippen LogP contribution in [-0.4, -0.2) is 19.8 Å². The molecule has 102 valence electrons. The second-order valence-electron chi connectivity index (χ2n) is 4.22. The Morgan fingerprint density at radius 1 is 1.21 bits per heavy atom. The normalized spacial score (nSPS) is 12.0. The van der Waals surface area contributed by atoms with Gasteiger partial charge in [-0.25, -0.2) is 12.8 Å². The molecule has 0 saturated heterocycles. The van der Waals surface area contributed by atoms with Crippen LogP contribution in [0.3, 0.4) is 0 Å². The van der Waals surface area contributed by atoms with Crippen LogP contribution in [0.4, 0.5) is 4.39 Å². The maximum Gasteiger partial charge on any atom is 0.243 e. The fourth-order valence-electron chi connectivity index (χ4n) is 1.69. The Kier molecular flexibility index (Phi) is 3.73. The van der Waals surface area contributed by atoms with E-state index in [2.05, 4.69) is 0 Å². The van der Waals surface area contributed by atoms with Gasteiger partial charge >= 0.3 is 0 Å². The van der Waals surface area contributed by atoms with E-state index >= 15 is 0 Å². The van der Waals surface area contributed by atoms with Gasteiger partial charge in [0.25, 0.3) is 0 Å². The molecule has 2 aromatic rings. The Balaban J connectivity index is 2.24. The number of aryl methyl sites for hydroxylation is 1. The first-order valence-corrected chi connectivity index (χ1v) is 7.10. The van der Waals surface area contributed by atoms with E-state index in [1.165, 1.54) is 29.7 Å². The molecule has 1 heterocycles. The van der Waals surface area contributed by atoms with Crippen molar-refractivity contribution < 1.29 is 17.2 Å². The SMILES string of the molecule is Cc1occc1CN(C)S(=O)(=O)c1ccc(F)cc1. The van der Waals surface area contributed by atoms with Gasteiger partial charge in [0, 0.05) is 19.2 Å². The zero-order chi connectivity index (χ0) is 14.0. The van der Waals surface area contributed by atoms with Crippen molar-refractivity contribution in [2.24, 2.45) is 0 Å². The van der Waals surface area contributed by atoms with Gasteiger partial charge < -0.3 is 4.42 Å². The average Bonchev–Trinajstić information content (AvgIpc) is 2.75. The molecule has 0 fully saturated rings. The number of hydrogen-bond donors (Lipinski definition) is 0. The quantitative estimate of drug-likeness (QED) is 0.866. The second-order valence-corrected chi connectivity index (χ2v) is 6.26. The third-order valence-electron chi connectivity index (χ3n) is 2.88. The van der Waals surface area contributed by atoms with Crippen LogP contribution in [0.5, 0.6) is 0 Å². The van der Waals surface area contributed by atoms with Crippen molar-refractivity contribution in [1.82, 2.24) is 4.31 Å². The van der Waals surface area contributed by atoms with Crippen molar-refractivity contribution in [3.8, 4) is 0 Å². The van der Waals surface area contributed by atoms with Gasteiger partial charge in [0.15, 0.2) is 0 Å². The molecule has 0 aliphatic rings. The van der Waals surface area contributed by atoms with Crippen LogP contribution in [-0.2, 0) is 16.6 Å². The lowest BCUT2D eigenvalue weighted by molar-refractivity contribution is 0.458. The molecule has 1 aromatic carbocycles. The van der Waals surface area contributed by atoms with E-state index in [0.717, 1.165) is 17.7 Å². The van der Waals surface area contributed by atoms with E-state index in [-0.39, 0.29) is 11.4 Å². The summed E-state index contributed by atoms with van der Waals surface area (Å²) in [6.07, 6.45) is 1.52. The number of hydrogen-bond acceptors (Lipinski definition) is 3. The van der Waals surface area contributed by atoms with E-state index in [1.807, 2.05) is 0 Å². The number of furan rings is 1. The molecule has 0 radical (unpaired) electrons. The van der Waals surface area contributed by atoms with Gasteiger partial charge in [0.1, 0.15) is 11.6 Å². The molecular weight excluding hydrogens is 269 g/mol. The molecule has 0 atom stereocenters. The van der Waals surface area contributed by atoms with E-state index in [4.69, 9.17) is 4.42 Å². The fraction of sp³-hybridized carbons (Fsp3) is 0.231. The van der Waals surface area contributed by atoms with Gasteiger partial charge in [0.05, 0.1) is 11.2 Å². The summed E-state index contributed by atoms with van der Waals surface area (Å²) in [5.41, 5.74) is 0.799. The lowest BCUT2D eigenvalue weighted by atomic mass is 10.3. The van der Waals surface area contributed by atoms with Crippen molar-refractivity contribution in [3.63, 3.8) is 0 Å². The number of sulfonamides is 1. The van der Waals surface area contributed by atoms with Gasteiger partial charge in [-0.1, -0.05) is 0 Å². The minimum atomic E-state index is -3.62. The number of nitrogens with zero attached hydrogens (tertiary/aromatic N) is 1. The Bertz CT molecular complexity index is 661. The lowest BCUT2D eigenvalue weighted by Crippen LogP contribution is -2.26. The van der Waals surface area contributed by atoms with Gasteiger partial charge in [-0.15, -0.1) is 0 Å². The molecular formula is C13H14FNO3S. The minimum absolute atomic E-state index is 0.0672. The Labute approximate surface area is 111 Å². The summed E-state index contributed by atoms with van der Waals surface area (Å²) < 4.78 is 43.7. The van der Waals surface area contributed by atoms with E-state index in [9.17, 15) is 12.8 Å². The van der Waals surface area contributed by atoms with Crippen LogP contribution in [0, 0.1) is 12.7 Å². The lowest BCUT2D eigenvalue weighted by Gasteiger charge is -2.16. The van der Waals surface area contributed by atoms with Crippen LogP contribution in [0.2, 0.25) is 0 Å². The maximum atomic E-state index is 12.8. The molecule has 4 nitrogen and oxygen atoms in total. The molecule has 0 spiro atoms. The largest absolute Gasteiger partial charge is 0.469 e. The zero-order valence-electron chi connectivity index (χ0n) is 10.6. The third kappa shape index (κ3) is 2.85. The molecule has 0 aliphatic heterocycles. The first-order valence-electron chi connectivity index (χ1n) is 5.66. The summed E-state index contributed by atoms with van der Waals surface area (Å²) in [5, 5.41) is 0. The average molecular weight is 283 g/mol. The van der Waals surface area contributed by atoms with E-state index in [1.54, 1.807) is 13.0 Å². The summed E-state index contributed by atoms with van der Waals surface area (Å²) in [6, 6.07) is 6.49. The van der Waals surface area contributed by atoms with Gasteiger partial charge in [-0.05, 0) is 37.3 Å². The van der Waals surface area contributed by atoms with Crippen molar-refractivity contribution >= 4 is 10.0 Å². The van der Waals surface area contributed by atoms with Crippen LogP contribution >= 0.6 is 0 Å². The molecule has 6 heteroatoms. The first-order chi connectivity index (χ1) is 8.91. The molecule has 0 saturated carbocycles.